The van der Waals surface area contributed by atoms with Crippen molar-refractivity contribution in [1.29, 1.82) is 0 Å². The Labute approximate surface area is 153 Å². The molecule has 3 N–H and O–H groups in total. The molecule has 1 saturated carbocycles. The van der Waals surface area contributed by atoms with Gasteiger partial charge in [-0.15, -0.1) is 12.4 Å². The van der Waals surface area contributed by atoms with Gasteiger partial charge in [0, 0.05) is 25.1 Å². The average molecular weight is 377 g/mol. The van der Waals surface area contributed by atoms with Crippen LogP contribution in [-0.4, -0.2) is 25.1 Å². The third-order valence-corrected chi connectivity index (χ3v) is 4.52. The third kappa shape index (κ3) is 7.16. The highest BCUT2D eigenvalue weighted by atomic mass is 35.5. The highest BCUT2D eigenvalue weighted by molar-refractivity contribution is 5.85. The second-order valence-electron chi connectivity index (χ2n) is 6.33. The van der Waals surface area contributed by atoms with Crippen LogP contribution in [0.3, 0.4) is 0 Å². The first kappa shape index (κ1) is 21.6. The number of nitrogens with one attached hydrogen (secondary N) is 1. The Balaban J connectivity index is 0.00000312. The molecule has 0 aliphatic heterocycles. The van der Waals surface area contributed by atoms with Gasteiger partial charge in [-0.25, -0.2) is 8.78 Å². The molecular weight excluding hydrogens is 350 g/mol. The summed E-state index contributed by atoms with van der Waals surface area (Å²) in [6.07, 6.45) is 6.67. The van der Waals surface area contributed by atoms with Crippen LogP contribution in [0.5, 0.6) is 5.75 Å². The quantitative estimate of drug-likeness (QED) is 0.682. The molecule has 1 aliphatic carbocycles. The average Bonchev–Trinajstić information content (AvgIpc) is 2.59. The van der Waals surface area contributed by atoms with Crippen molar-refractivity contribution >= 4 is 18.3 Å². The minimum atomic E-state index is -0.736. The number of nitrogens with two attached hydrogens (primary N) is 1. The van der Waals surface area contributed by atoms with Crippen LogP contribution >= 0.6 is 12.4 Å². The summed E-state index contributed by atoms with van der Waals surface area (Å²) in [7, 11) is 0. The largest absolute Gasteiger partial charge is 0.491 e. The maximum atomic E-state index is 13.4. The van der Waals surface area contributed by atoms with E-state index in [4.69, 9.17) is 10.5 Å². The Morgan fingerprint density at radius 2 is 2.00 bits per heavy atom. The first-order valence-corrected chi connectivity index (χ1v) is 8.67. The van der Waals surface area contributed by atoms with Crippen molar-refractivity contribution in [1.82, 2.24) is 5.32 Å². The molecule has 1 aliphatic rings. The van der Waals surface area contributed by atoms with Gasteiger partial charge in [0.1, 0.15) is 5.82 Å². The number of carbonyl (C=O) groups is 1. The van der Waals surface area contributed by atoms with E-state index in [1.807, 2.05) is 0 Å². The maximum absolute atomic E-state index is 13.4. The standard InChI is InChI=1S/C18H26F2N2O2.ClH/c19-14-8-9-17(15(20)11-14)24-10-4-7-18(23)22-16(12-21)13-5-2-1-3-6-13;/h8-9,11,13,16H,1-7,10,12,21H2,(H,22,23);1H. The topological polar surface area (TPSA) is 64.3 Å². The van der Waals surface area contributed by atoms with Crippen LogP contribution in [-0.2, 0) is 4.79 Å². The summed E-state index contributed by atoms with van der Waals surface area (Å²) in [4.78, 5) is 12.0. The summed E-state index contributed by atoms with van der Waals surface area (Å²) in [6, 6.07) is 3.20. The summed E-state index contributed by atoms with van der Waals surface area (Å²) < 4.78 is 31.4. The Kier molecular flexibility index (Phi) is 9.75. The fraction of sp³-hybridized carbons (Fsp3) is 0.611. The number of benzene rings is 1. The number of amides is 1. The first-order chi connectivity index (χ1) is 11.6. The molecule has 0 radical (unpaired) electrons. The fourth-order valence-corrected chi connectivity index (χ4v) is 3.19. The predicted octanol–water partition coefficient (Wildman–Crippen LogP) is 3.57. The van der Waals surface area contributed by atoms with E-state index in [2.05, 4.69) is 5.32 Å². The fourth-order valence-electron chi connectivity index (χ4n) is 3.19. The highest BCUT2D eigenvalue weighted by Crippen LogP contribution is 2.26. The SMILES string of the molecule is Cl.NCC(NC(=O)CCCOc1ccc(F)cc1F)C1CCCCC1. The molecular formula is C18H27ClF2N2O2. The first-order valence-electron chi connectivity index (χ1n) is 8.67. The Morgan fingerprint density at radius 3 is 2.64 bits per heavy atom. The van der Waals surface area contributed by atoms with E-state index in [1.54, 1.807) is 0 Å². The molecule has 142 valence electrons. The van der Waals surface area contributed by atoms with Crippen molar-refractivity contribution in [3.05, 3.63) is 29.8 Å². The molecule has 2 rings (SSSR count). The summed E-state index contributed by atoms with van der Waals surface area (Å²) >= 11 is 0. The third-order valence-electron chi connectivity index (χ3n) is 4.52. The van der Waals surface area contributed by atoms with Gasteiger partial charge in [0.2, 0.25) is 5.91 Å². The van der Waals surface area contributed by atoms with E-state index in [0.29, 0.717) is 25.3 Å². The summed E-state index contributed by atoms with van der Waals surface area (Å²) in [5, 5.41) is 3.01. The van der Waals surface area contributed by atoms with Crippen molar-refractivity contribution in [2.24, 2.45) is 11.7 Å². The van der Waals surface area contributed by atoms with E-state index >= 15 is 0 Å². The van der Waals surface area contributed by atoms with Crippen LogP contribution in [0.15, 0.2) is 18.2 Å². The molecule has 25 heavy (non-hydrogen) atoms. The Hall–Kier alpha value is -1.40. The summed E-state index contributed by atoms with van der Waals surface area (Å²) in [5.41, 5.74) is 5.80. The lowest BCUT2D eigenvalue weighted by Crippen LogP contribution is -2.45. The number of hydrogen-bond donors (Lipinski definition) is 2. The smallest absolute Gasteiger partial charge is 0.220 e. The monoisotopic (exact) mass is 376 g/mol. The van der Waals surface area contributed by atoms with Gasteiger partial charge >= 0.3 is 0 Å². The van der Waals surface area contributed by atoms with Crippen LogP contribution in [0, 0.1) is 17.6 Å². The lowest BCUT2D eigenvalue weighted by Gasteiger charge is -2.30. The maximum Gasteiger partial charge on any atom is 0.220 e. The van der Waals surface area contributed by atoms with Gasteiger partial charge in [-0.3, -0.25) is 4.79 Å². The van der Waals surface area contributed by atoms with Crippen LogP contribution in [0.2, 0.25) is 0 Å². The zero-order chi connectivity index (χ0) is 17.4. The molecule has 0 heterocycles. The molecule has 4 nitrogen and oxygen atoms in total. The molecule has 7 heteroatoms. The lowest BCUT2D eigenvalue weighted by atomic mass is 9.84. The van der Waals surface area contributed by atoms with E-state index in [-0.39, 0.29) is 36.7 Å². The summed E-state index contributed by atoms with van der Waals surface area (Å²) in [6.45, 7) is 0.653. The Bertz CT molecular complexity index is 540. The number of hydrogen-bond acceptors (Lipinski definition) is 3. The minimum Gasteiger partial charge on any atom is -0.491 e. The van der Waals surface area contributed by atoms with Gasteiger partial charge in [-0.05, 0) is 37.3 Å². The molecule has 1 fully saturated rings. The van der Waals surface area contributed by atoms with Crippen molar-refractivity contribution < 1.29 is 18.3 Å². The second kappa shape index (κ2) is 11.3. The van der Waals surface area contributed by atoms with Crippen LogP contribution in [0.1, 0.15) is 44.9 Å². The van der Waals surface area contributed by atoms with Crippen molar-refractivity contribution in [2.45, 2.75) is 51.0 Å². The zero-order valence-corrected chi connectivity index (χ0v) is 15.1. The minimum absolute atomic E-state index is 0. The lowest BCUT2D eigenvalue weighted by molar-refractivity contribution is -0.122. The van der Waals surface area contributed by atoms with Gasteiger partial charge in [-0.2, -0.15) is 0 Å². The number of rotatable bonds is 8. The molecule has 1 aromatic rings. The van der Waals surface area contributed by atoms with Gasteiger partial charge in [0.15, 0.2) is 11.6 Å². The van der Waals surface area contributed by atoms with Gasteiger partial charge in [-0.1, -0.05) is 19.3 Å². The highest BCUT2D eigenvalue weighted by Gasteiger charge is 2.23. The van der Waals surface area contributed by atoms with Crippen LogP contribution < -0.4 is 15.8 Å². The molecule has 0 aromatic heterocycles. The molecule has 0 spiro atoms. The number of ether oxygens (including phenoxy) is 1. The van der Waals surface area contributed by atoms with Crippen molar-refractivity contribution in [3.63, 3.8) is 0 Å². The van der Waals surface area contributed by atoms with Crippen LogP contribution in [0.4, 0.5) is 8.78 Å². The van der Waals surface area contributed by atoms with Crippen molar-refractivity contribution in [3.8, 4) is 5.75 Å². The summed E-state index contributed by atoms with van der Waals surface area (Å²) in [5.74, 6) is -0.968. The second-order valence-corrected chi connectivity index (χ2v) is 6.33. The van der Waals surface area contributed by atoms with Gasteiger partial charge < -0.3 is 15.8 Å². The zero-order valence-electron chi connectivity index (χ0n) is 14.3. The van der Waals surface area contributed by atoms with E-state index in [1.165, 1.54) is 25.3 Å². The van der Waals surface area contributed by atoms with E-state index < -0.39 is 11.6 Å². The normalized spacial score (nSPS) is 16.0. The van der Waals surface area contributed by atoms with Gasteiger partial charge in [0.25, 0.3) is 0 Å². The predicted molar refractivity (Wildman–Crippen MR) is 95.9 cm³/mol. The van der Waals surface area contributed by atoms with Crippen LogP contribution in [0.25, 0.3) is 0 Å². The molecule has 1 unspecified atom stereocenters. The van der Waals surface area contributed by atoms with E-state index in [9.17, 15) is 13.6 Å². The molecule has 0 bridgehead atoms. The molecule has 1 aromatic carbocycles. The molecule has 1 atom stereocenters. The molecule has 0 saturated heterocycles. The molecule has 1 amide bonds. The van der Waals surface area contributed by atoms with Gasteiger partial charge in [0.05, 0.1) is 6.61 Å². The van der Waals surface area contributed by atoms with Crippen molar-refractivity contribution in [2.75, 3.05) is 13.2 Å². The Morgan fingerprint density at radius 1 is 1.28 bits per heavy atom. The number of halogens is 3. The number of carbonyl (C=O) groups excluding carboxylic acids is 1. The van der Waals surface area contributed by atoms with E-state index in [0.717, 1.165) is 25.0 Å².